The summed E-state index contributed by atoms with van der Waals surface area (Å²) >= 11 is 0. The fraction of sp³-hybridized carbons (Fsp3) is 0.600. The lowest BCUT2D eigenvalue weighted by Gasteiger charge is -2.44. The second-order valence-electron chi connectivity index (χ2n) is 8.34. The molecule has 0 aliphatic heterocycles. The Hall–Kier alpha value is -0.538. The average Bonchev–Trinajstić information content (AvgIpc) is 2.14. The topological polar surface area (TPSA) is 0 Å². The fourth-order valence-corrected chi connectivity index (χ4v) is 2.63. The van der Waals surface area contributed by atoms with Gasteiger partial charge in [-0.15, -0.1) is 0 Å². The van der Waals surface area contributed by atoms with E-state index in [0.717, 1.165) is 4.48 Å². The molecule has 0 aliphatic carbocycles. The molecule has 0 radical (unpaired) electrons. The van der Waals surface area contributed by atoms with Crippen molar-refractivity contribution >= 4 is 19.1 Å². The molecule has 0 spiro atoms. The molecule has 0 amide bonds. The van der Waals surface area contributed by atoms with E-state index < -0.39 is 7.94 Å². The lowest BCUT2D eigenvalue weighted by atomic mass is 9.46. The molecule has 0 bridgehead atoms. The van der Waals surface area contributed by atoms with Crippen molar-refractivity contribution in [1.29, 1.82) is 0 Å². The van der Waals surface area contributed by atoms with E-state index in [1.165, 1.54) is 0 Å². The van der Waals surface area contributed by atoms with Gasteiger partial charge in [0.1, 0.15) is 0 Å². The number of hydrogen-bond donors (Lipinski definition) is 0. The second kappa shape index (κ2) is 6.07. The van der Waals surface area contributed by atoms with Crippen LogP contribution in [0.15, 0.2) is 30.3 Å². The summed E-state index contributed by atoms with van der Waals surface area (Å²) in [5, 5.41) is 0. The smallest absolute Gasteiger partial charge is 0.0675 e. The van der Waals surface area contributed by atoms with E-state index >= 15 is 0 Å². The summed E-state index contributed by atoms with van der Waals surface area (Å²) < 4.78 is 1.00. The van der Waals surface area contributed by atoms with E-state index in [2.05, 4.69) is 91.8 Å². The quantitative estimate of drug-likeness (QED) is 0.568. The third kappa shape index (κ3) is 6.41. The van der Waals surface area contributed by atoms with E-state index in [9.17, 15) is 0 Å². The summed E-state index contributed by atoms with van der Waals surface area (Å²) in [6.45, 7) is 12.2. The van der Waals surface area contributed by atoms with Crippen LogP contribution in [0.2, 0.25) is 33.3 Å². The number of quaternary nitrogens is 1. The largest absolute Gasteiger partial charge is 0.333 e. The fourth-order valence-electron chi connectivity index (χ4n) is 1.43. The molecule has 3 heteroatoms. The molecule has 0 aliphatic rings. The predicted octanol–water partition coefficient (Wildman–Crippen LogP) is 3.34. The summed E-state index contributed by atoms with van der Waals surface area (Å²) in [5.74, 6) is 0. The van der Waals surface area contributed by atoms with Crippen LogP contribution in [0.3, 0.4) is 0 Å². The second-order valence-corrected chi connectivity index (χ2v) is 14.5. The lowest BCUT2D eigenvalue weighted by molar-refractivity contribution is -0.849. The molecule has 0 aromatic heterocycles. The molecule has 1 rings (SSSR count). The first-order chi connectivity index (χ1) is 7.86. The number of nitrogens with zero attached hydrogens (tertiary/aromatic N) is 1. The van der Waals surface area contributed by atoms with Gasteiger partial charge in [-0.05, 0) is 0 Å². The van der Waals surface area contributed by atoms with Crippen LogP contribution in [-0.2, 0) is 0 Å². The van der Waals surface area contributed by atoms with Crippen LogP contribution in [0.25, 0.3) is 0 Å². The zero-order chi connectivity index (χ0) is 14.6. The zero-order valence-electron chi connectivity index (χ0n) is 13.9. The third-order valence-electron chi connectivity index (χ3n) is 3.80. The van der Waals surface area contributed by atoms with Gasteiger partial charge in [0.25, 0.3) is 0 Å². The molecular weight excluding hydrogens is 233 g/mol. The Labute approximate surface area is 116 Å². The van der Waals surface area contributed by atoms with Crippen LogP contribution in [0.5, 0.6) is 0 Å². The van der Waals surface area contributed by atoms with Gasteiger partial charge in [-0.3, -0.25) is 0 Å². The van der Waals surface area contributed by atoms with Crippen LogP contribution >= 0.6 is 0 Å². The molecule has 1 aromatic rings. The summed E-state index contributed by atoms with van der Waals surface area (Å²) in [6, 6.07) is 11.0. The van der Waals surface area contributed by atoms with Gasteiger partial charge in [-0.1, -0.05) is 57.9 Å². The number of benzene rings is 1. The molecule has 0 saturated heterocycles. The first-order valence-electron chi connectivity index (χ1n) is 6.93. The summed E-state index contributed by atoms with van der Waals surface area (Å²) in [6.07, 6.45) is 0. The Bertz CT molecular complexity index is 341. The molecule has 0 N–H and O–H groups in total. The molecule has 0 heterocycles. The molecule has 0 atom stereocenters. The van der Waals surface area contributed by atoms with Crippen molar-refractivity contribution in [3.8, 4) is 0 Å². The van der Waals surface area contributed by atoms with Crippen molar-refractivity contribution in [2.75, 3.05) is 28.2 Å². The van der Waals surface area contributed by atoms with E-state index in [1.54, 1.807) is 5.46 Å². The molecule has 0 saturated carbocycles. The van der Waals surface area contributed by atoms with Crippen molar-refractivity contribution in [2.45, 2.75) is 33.3 Å². The zero-order valence-corrected chi connectivity index (χ0v) is 14.9. The van der Waals surface area contributed by atoms with Crippen LogP contribution in [-0.4, -0.2) is 46.4 Å². The van der Waals surface area contributed by atoms with Gasteiger partial charge < -0.3 is 4.48 Å². The first-order valence-corrected chi connectivity index (χ1v) is 10.5. The summed E-state index contributed by atoms with van der Waals surface area (Å²) in [5.41, 5.74) is 1.23. The third-order valence-corrected chi connectivity index (χ3v) is 8.46. The maximum absolute atomic E-state index is 2.46. The Morgan fingerprint density at radius 1 is 0.833 bits per heavy atom. The first kappa shape index (κ1) is 17.5. The molecule has 1 nitrogen and oxygen atoms in total. The molecule has 0 fully saturated rings. The Morgan fingerprint density at radius 3 is 1.44 bits per heavy atom. The van der Waals surface area contributed by atoms with Crippen molar-refractivity contribution in [2.24, 2.45) is 0 Å². The van der Waals surface area contributed by atoms with Gasteiger partial charge in [0.15, 0.2) is 0 Å². The minimum Gasteiger partial charge on any atom is -0.333 e. The molecule has 18 heavy (non-hydrogen) atoms. The number of hydrogen-bond acceptors (Lipinski definition) is 0. The predicted molar refractivity (Wildman–Crippen MR) is 90.9 cm³/mol. The normalized spacial score (nSPS) is 12.7. The maximum Gasteiger partial charge on any atom is 0.0675 e. The average molecular weight is 265 g/mol. The van der Waals surface area contributed by atoms with Gasteiger partial charge in [-0.2, -0.15) is 13.6 Å². The Kier molecular flexibility index (Phi) is 5.89. The van der Waals surface area contributed by atoms with E-state index in [1.807, 2.05) is 0 Å². The van der Waals surface area contributed by atoms with Gasteiger partial charge in [0, 0.05) is 5.74 Å². The minimum atomic E-state index is -1.06. The molecular formula is C15H32BNSi. The van der Waals surface area contributed by atoms with Crippen LogP contribution in [0, 0.1) is 0 Å². The molecule has 104 valence electrons. The van der Waals surface area contributed by atoms with Crippen LogP contribution < -0.4 is 5.46 Å². The maximum atomic E-state index is 2.46. The van der Waals surface area contributed by atoms with Crippen molar-refractivity contribution in [3.63, 3.8) is 0 Å². The highest BCUT2D eigenvalue weighted by atomic mass is 28.3. The van der Waals surface area contributed by atoms with Crippen LogP contribution in [0.1, 0.15) is 0 Å². The number of rotatable bonds is 2. The Morgan fingerprint density at radius 2 is 1.17 bits per heavy atom. The van der Waals surface area contributed by atoms with Crippen LogP contribution in [0.4, 0.5) is 0 Å². The Balaban J connectivity index is 0.000000494. The van der Waals surface area contributed by atoms with Gasteiger partial charge in [0.2, 0.25) is 0 Å². The summed E-state index contributed by atoms with van der Waals surface area (Å²) in [7, 11) is 7.44. The van der Waals surface area contributed by atoms with E-state index in [0.29, 0.717) is 0 Å². The molecule has 1 aromatic carbocycles. The lowest BCUT2D eigenvalue weighted by Crippen LogP contribution is -2.61. The van der Waals surface area contributed by atoms with Gasteiger partial charge in [0.05, 0.1) is 28.2 Å². The van der Waals surface area contributed by atoms with Gasteiger partial charge >= 0.3 is 0 Å². The highest BCUT2D eigenvalue weighted by Crippen LogP contribution is 2.18. The van der Waals surface area contributed by atoms with Gasteiger partial charge in [-0.25, -0.2) is 5.46 Å². The monoisotopic (exact) mass is 265 g/mol. The minimum absolute atomic E-state index is 0.311. The summed E-state index contributed by atoms with van der Waals surface area (Å²) in [4.78, 5) is 0. The SMILES string of the molecule is C[B-](C)(c1ccccc1)[Si](C)(C)C.C[N+](C)(C)C. The van der Waals surface area contributed by atoms with E-state index in [4.69, 9.17) is 0 Å². The molecule has 0 unspecified atom stereocenters. The highest BCUT2D eigenvalue weighted by Gasteiger charge is 2.28. The van der Waals surface area contributed by atoms with Crippen molar-refractivity contribution in [3.05, 3.63) is 30.3 Å². The highest BCUT2D eigenvalue weighted by molar-refractivity contribution is 7.45. The van der Waals surface area contributed by atoms with Crippen molar-refractivity contribution < 1.29 is 4.48 Å². The van der Waals surface area contributed by atoms with Crippen molar-refractivity contribution in [1.82, 2.24) is 0 Å². The standard InChI is InChI=1S/C11H20BSi.C4H12N/c1-12(2,13(3,4)5)11-9-7-6-8-10-11;1-5(2,3)4/h6-10H,1-5H3;1-4H3/q-1;+1. The van der Waals surface area contributed by atoms with E-state index in [-0.39, 0.29) is 5.74 Å².